The van der Waals surface area contributed by atoms with Crippen LogP contribution in [0.5, 0.6) is 0 Å². The van der Waals surface area contributed by atoms with Crippen LogP contribution in [0.3, 0.4) is 0 Å². The van der Waals surface area contributed by atoms with Crippen LogP contribution in [0.4, 0.5) is 0 Å². The van der Waals surface area contributed by atoms with E-state index in [0.717, 1.165) is 13.1 Å². The van der Waals surface area contributed by atoms with Crippen LogP contribution in [0.2, 0.25) is 0 Å². The molecule has 0 aromatic carbocycles. The van der Waals surface area contributed by atoms with E-state index in [1.165, 1.54) is 26.2 Å². The molecule has 1 heterocycles. The monoisotopic (exact) mass is 228 g/mol. The van der Waals surface area contributed by atoms with E-state index in [1.54, 1.807) is 0 Å². The molecule has 0 amide bonds. The molecule has 2 atom stereocenters. The van der Waals surface area contributed by atoms with E-state index in [9.17, 15) is 0 Å². The second kappa shape index (κ2) is 7.22. The van der Waals surface area contributed by atoms with E-state index in [0.29, 0.717) is 12.1 Å². The number of piperazine rings is 1. The fourth-order valence-electron chi connectivity index (χ4n) is 2.60. The Morgan fingerprint density at radius 1 is 0.938 bits per heavy atom. The molecule has 2 N–H and O–H groups in total. The topological polar surface area (TPSA) is 30.5 Å². The van der Waals surface area contributed by atoms with Crippen molar-refractivity contribution >= 4 is 0 Å². The van der Waals surface area contributed by atoms with Crippen molar-refractivity contribution in [2.75, 3.05) is 53.4 Å². The highest BCUT2D eigenvalue weighted by Crippen LogP contribution is 2.14. The molecule has 0 spiro atoms. The van der Waals surface area contributed by atoms with Gasteiger partial charge in [-0.2, -0.15) is 0 Å². The molecule has 4 nitrogen and oxygen atoms in total. The SMILES string of the molecule is CNCCN1CC(C)N(CCNC)C(C)C1. The van der Waals surface area contributed by atoms with Gasteiger partial charge in [-0.3, -0.25) is 9.80 Å². The molecule has 0 aromatic rings. The van der Waals surface area contributed by atoms with Gasteiger partial charge in [-0.1, -0.05) is 0 Å². The highest BCUT2D eigenvalue weighted by Gasteiger charge is 2.28. The molecule has 0 aromatic heterocycles. The zero-order valence-corrected chi connectivity index (χ0v) is 11.3. The zero-order valence-electron chi connectivity index (χ0n) is 11.3. The van der Waals surface area contributed by atoms with E-state index < -0.39 is 0 Å². The molecule has 1 aliphatic rings. The van der Waals surface area contributed by atoms with Crippen LogP contribution in [-0.4, -0.2) is 75.2 Å². The van der Waals surface area contributed by atoms with Crippen molar-refractivity contribution < 1.29 is 0 Å². The Bertz CT molecular complexity index is 174. The Hall–Kier alpha value is -0.160. The van der Waals surface area contributed by atoms with E-state index in [4.69, 9.17) is 0 Å². The Kier molecular flexibility index (Phi) is 6.28. The van der Waals surface area contributed by atoms with Crippen molar-refractivity contribution in [2.45, 2.75) is 25.9 Å². The van der Waals surface area contributed by atoms with Crippen LogP contribution in [0.15, 0.2) is 0 Å². The molecule has 0 radical (unpaired) electrons. The first kappa shape index (κ1) is 13.9. The summed E-state index contributed by atoms with van der Waals surface area (Å²) in [5.74, 6) is 0. The third-order valence-corrected chi connectivity index (χ3v) is 3.48. The maximum atomic E-state index is 3.24. The molecule has 1 aliphatic heterocycles. The lowest BCUT2D eigenvalue weighted by Gasteiger charge is -2.44. The second-order valence-electron chi connectivity index (χ2n) is 4.90. The number of nitrogens with zero attached hydrogens (tertiary/aromatic N) is 2. The molecule has 1 saturated heterocycles. The molecular formula is C12H28N4. The first-order valence-corrected chi connectivity index (χ1v) is 6.46. The molecular weight excluding hydrogens is 200 g/mol. The molecule has 2 unspecified atom stereocenters. The molecule has 1 fully saturated rings. The maximum absolute atomic E-state index is 3.24. The van der Waals surface area contributed by atoms with Gasteiger partial charge in [0.25, 0.3) is 0 Å². The van der Waals surface area contributed by atoms with Crippen molar-refractivity contribution in [2.24, 2.45) is 0 Å². The molecule has 0 bridgehead atoms. The Balaban J connectivity index is 2.37. The fourth-order valence-corrected chi connectivity index (χ4v) is 2.60. The quantitative estimate of drug-likeness (QED) is 0.660. The van der Waals surface area contributed by atoms with Gasteiger partial charge >= 0.3 is 0 Å². The number of rotatable bonds is 6. The second-order valence-corrected chi connectivity index (χ2v) is 4.90. The minimum absolute atomic E-state index is 0.675. The van der Waals surface area contributed by atoms with Crippen molar-refractivity contribution in [3.63, 3.8) is 0 Å². The van der Waals surface area contributed by atoms with Gasteiger partial charge in [0.15, 0.2) is 0 Å². The van der Waals surface area contributed by atoms with Gasteiger partial charge in [0, 0.05) is 51.4 Å². The van der Waals surface area contributed by atoms with E-state index >= 15 is 0 Å². The van der Waals surface area contributed by atoms with Crippen molar-refractivity contribution in [3.05, 3.63) is 0 Å². The number of nitrogens with one attached hydrogen (secondary N) is 2. The predicted octanol–water partition coefficient (Wildman–Crippen LogP) is -0.180. The lowest BCUT2D eigenvalue weighted by Crippen LogP contribution is -2.58. The van der Waals surface area contributed by atoms with Crippen LogP contribution in [0.25, 0.3) is 0 Å². The molecule has 0 saturated carbocycles. The van der Waals surface area contributed by atoms with Crippen molar-refractivity contribution in [1.29, 1.82) is 0 Å². The highest BCUT2D eigenvalue weighted by atomic mass is 15.3. The average molecular weight is 228 g/mol. The van der Waals surface area contributed by atoms with Crippen LogP contribution >= 0.6 is 0 Å². The molecule has 0 aliphatic carbocycles. The fraction of sp³-hybridized carbons (Fsp3) is 1.00. The van der Waals surface area contributed by atoms with Crippen LogP contribution in [0, 0.1) is 0 Å². The third kappa shape index (κ3) is 4.01. The zero-order chi connectivity index (χ0) is 12.0. The first-order valence-electron chi connectivity index (χ1n) is 6.46. The minimum atomic E-state index is 0.675. The summed E-state index contributed by atoms with van der Waals surface area (Å²) in [5.41, 5.74) is 0. The predicted molar refractivity (Wildman–Crippen MR) is 69.9 cm³/mol. The molecule has 16 heavy (non-hydrogen) atoms. The third-order valence-electron chi connectivity index (χ3n) is 3.48. The van der Waals surface area contributed by atoms with Gasteiger partial charge in [-0.05, 0) is 27.9 Å². The molecule has 96 valence electrons. The van der Waals surface area contributed by atoms with Gasteiger partial charge < -0.3 is 10.6 Å². The number of hydrogen-bond donors (Lipinski definition) is 2. The maximum Gasteiger partial charge on any atom is 0.0198 e. The van der Waals surface area contributed by atoms with Crippen LogP contribution < -0.4 is 10.6 Å². The summed E-state index contributed by atoms with van der Waals surface area (Å²) in [6.45, 7) is 11.6. The number of likely N-dealkylation sites (N-methyl/N-ethyl adjacent to an activating group) is 2. The van der Waals surface area contributed by atoms with Crippen LogP contribution in [0.1, 0.15) is 13.8 Å². The van der Waals surface area contributed by atoms with Crippen molar-refractivity contribution in [1.82, 2.24) is 20.4 Å². The van der Waals surface area contributed by atoms with Gasteiger partial charge in [0.05, 0.1) is 0 Å². The first-order chi connectivity index (χ1) is 7.69. The summed E-state index contributed by atoms with van der Waals surface area (Å²) < 4.78 is 0. The number of hydrogen-bond acceptors (Lipinski definition) is 4. The molecule has 1 rings (SSSR count). The standard InChI is InChI=1S/C12H28N4/c1-11-9-15(7-5-13-3)10-12(2)16(11)8-6-14-4/h11-14H,5-10H2,1-4H3. The largest absolute Gasteiger partial charge is 0.318 e. The average Bonchev–Trinajstić information content (AvgIpc) is 2.25. The Morgan fingerprint density at radius 2 is 1.44 bits per heavy atom. The van der Waals surface area contributed by atoms with Gasteiger partial charge in [-0.15, -0.1) is 0 Å². The Labute approximate surface area is 100 Å². The Morgan fingerprint density at radius 3 is 1.94 bits per heavy atom. The van der Waals surface area contributed by atoms with Gasteiger partial charge in [0.1, 0.15) is 0 Å². The van der Waals surface area contributed by atoms with Crippen molar-refractivity contribution in [3.8, 4) is 0 Å². The highest BCUT2D eigenvalue weighted by molar-refractivity contribution is 4.85. The summed E-state index contributed by atoms with van der Waals surface area (Å²) in [4.78, 5) is 5.19. The summed E-state index contributed by atoms with van der Waals surface area (Å²) >= 11 is 0. The van der Waals surface area contributed by atoms with E-state index in [1.807, 2.05) is 14.1 Å². The van der Waals surface area contributed by atoms with Gasteiger partial charge in [-0.25, -0.2) is 0 Å². The normalized spacial score (nSPS) is 28.5. The lowest BCUT2D eigenvalue weighted by atomic mass is 10.1. The van der Waals surface area contributed by atoms with Gasteiger partial charge in [0.2, 0.25) is 0 Å². The minimum Gasteiger partial charge on any atom is -0.318 e. The van der Waals surface area contributed by atoms with Crippen LogP contribution in [-0.2, 0) is 0 Å². The summed E-state index contributed by atoms with van der Waals surface area (Å²) in [6.07, 6.45) is 0. The lowest BCUT2D eigenvalue weighted by molar-refractivity contribution is 0.0410. The van der Waals surface area contributed by atoms with E-state index in [2.05, 4.69) is 34.3 Å². The smallest absolute Gasteiger partial charge is 0.0198 e. The summed E-state index contributed by atoms with van der Waals surface area (Å²) in [6, 6.07) is 1.35. The summed E-state index contributed by atoms with van der Waals surface area (Å²) in [7, 11) is 4.05. The summed E-state index contributed by atoms with van der Waals surface area (Å²) in [5, 5.41) is 6.46. The van der Waals surface area contributed by atoms with E-state index in [-0.39, 0.29) is 0 Å². The molecule has 4 heteroatoms.